The lowest BCUT2D eigenvalue weighted by atomic mass is 10.3. The molecule has 0 unspecified atom stereocenters. The molecule has 0 saturated carbocycles. The Morgan fingerprint density at radius 3 is 2.48 bits per heavy atom. The third kappa shape index (κ3) is 2.54. The van der Waals surface area contributed by atoms with Crippen molar-refractivity contribution in [2.24, 2.45) is 7.05 Å². The average molecular weight is 332 g/mol. The second kappa shape index (κ2) is 5.61. The van der Waals surface area contributed by atoms with E-state index < -0.39 is 0 Å². The molecule has 3 aromatic heterocycles. The monoisotopic (exact) mass is 332 g/mol. The van der Waals surface area contributed by atoms with Gasteiger partial charge in [0.1, 0.15) is 17.8 Å². The van der Waals surface area contributed by atoms with Gasteiger partial charge in [-0.15, -0.1) is 20.4 Å². The van der Waals surface area contributed by atoms with E-state index in [0.717, 1.165) is 53.8 Å². The van der Waals surface area contributed by atoms with Crippen molar-refractivity contribution in [2.75, 3.05) is 36.0 Å². The maximum absolute atomic E-state index is 4.85. The number of piperazine rings is 1. The van der Waals surface area contributed by atoms with Gasteiger partial charge in [-0.2, -0.15) is 0 Å². The van der Waals surface area contributed by atoms with Gasteiger partial charge in [0.15, 0.2) is 5.01 Å². The van der Waals surface area contributed by atoms with E-state index in [1.807, 2.05) is 18.5 Å². The van der Waals surface area contributed by atoms with Gasteiger partial charge in [-0.05, 0) is 6.92 Å². The molecule has 4 rings (SSSR count). The number of rotatable bonds is 3. The Morgan fingerprint density at radius 1 is 1.04 bits per heavy atom. The fraction of sp³-hybridized carbons (Fsp3) is 0.462. The first-order chi connectivity index (χ1) is 11.2. The zero-order valence-corrected chi connectivity index (χ0v) is 13.7. The molecule has 3 aromatic rings. The van der Waals surface area contributed by atoms with Crippen molar-refractivity contribution in [3.63, 3.8) is 0 Å². The highest BCUT2D eigenvalue weighted by Gasteiger charge is 2.23. The van der Waals surface area contributed by atoms with Crippen molar-refractivity contribution < 1.29 is 4.52 Å². The third-order valence-corrected chi connectivity index (χ3v) is 4.98. The van der Waals surface area contributed by atoms with E-state index in [-0.39, 0.29) is 0 Å². The van der Waals surface area contributed by atoms with E-state index in [4.69, 9.17) is 4.52 Å². The molecule has 0 N–H and O–H groups in total. The molecule has 10 heteroatoms. The van der Waals surface area contributed by atoms with Crippen LogP contribution in [0.15, 0.2) is 16.9 Å². The molecule has 0 atom stereocenters. The van der Waals surface area contributed by atoms with Crippen molar-refractivity contribution in [3.05, 3.63) is 18.2 Å². The summed E-state index contributed by atoms with van der Waals surface area (Å²) in [5.74, 6) is 1.84. The van der Waals surface area contributed by atoms with E-state index in [0.29, 0.717) is 0 Å². The molecule has 1 fully saturated rings. The van der Waals surface area contributed by atoms with Crippen molar-refractivity contribution >= 4 is 22.4 Å². The highest BCUT2D eigenvalue weighted by Crippen LogP contribution is 2.28. The molecule has 1 aliphatic heterocycles. The van der Waals surface area contributed by atoms with Crippen LogP contribution < -0.4 is 9.80 Å². The van der Waals surface area contributed by atoms with Crippen LogP contribution in [0.4, 0.5) is 11.1 Å². The lowest BCUT2D eigenvalue weighted by Crippen LogP contribution is -2.47. The number of nitrogens with zero attached hydrogens (tertiary/aromatic N) is 8. The van der Waals surface area contributed by atoms with Crippen LogP contribution in [0.2, 0.25) is 0 Å². The molecule has 0 spiro atoms. The van der Waals surface area contributed by atoms with Crippen molar-refractivity contribution in [3.8, 4) is 10.7 Å². The SMILES string of the molecule is Cc1nnc(N2CCN(c3nnc(-c4ccon4)s3)CC2)n1C. The first-order valence-corrected chi connectivity index (χ1v) is 8.14. The molecule has 120 valence electrons. The summed E-state index contributed by atoms with van der Waals surface area (Å²) in [5.41, 5.74) is 0.724. The average Bonchev–Trinajstić information content (AvgIpc) is 3.30. The van der Waals surface area contributed by atoms with Gasteiger partial charge in [-0.3, -0.25) is 0 Å². The zero-order chi connectivity index (χ0) is 15.8. The maximum Gasteiger partial charge on any atom is 0.227 e. The number of anilines is 2. The fourth-order valence-electron chi connectivity index (χ4n) is 2.54. The highest BCUT2D eigenvalue weighted by atomic mass is 32.1. The van der Waals surface area contributed by atoms with Crippen molar-refractivity contribution in [2.45, 2.75) is 6.92 Å². The molecular formula is C13H16N8OS. The zero-order valence-electron chi connectivity index (χ0n) is 12.9. The van der Waals surface area contributed by atoms with Crippen LogP contribution in [0.3, 0.4) is 0 Å². The van der Waals surface area contributed by atoms with Crippen LogP contribution in [0.25, 0.3) is 10.7 Å². The van der Waals surface area contributed by atoms with Gasteiger partial charge in [-0.1, -0.05) is 16.5 Å². The topological polar surface area (TPSA) is 89.0 Å². The lowest BCUT2D eigenvalue weighted by molar-refractivity contribution is 0.422. The molecule has 1 saturated heterocycles. The van der Waals surface area contributed by atoms with E-state index in [1.54, 1.807) is 6.07 Å². The molecule has 9 nitrogen and oxygen atoms in total. The number of aryl methyl sites for hydroxylation is 1. The number of aromatic nitrogens is 6. The third-order valence-electron chi connectivity index (χ3n) is 3.97. The standard InChI is InChI=1S/C13H16N8OS/c1-9-14-16-12(19(9)2)20-4-6-21(7-5-20)13-17-15-11(23-13)10-3-8-22-18-10/h3,8H,4-7H2,1-2H3. The minimum Gasteiger partial charge on any atom is -0.364 e. The summed E-state index contributed by atoms with van der Waals surface area (Å²) in [5, 5.41) is 22.4. The van der Waals surface area contributed by atoms with Gasteiger partial charge in [0.05, 0.1) is 0 Å². The Hall–Kier alpha value is -2.49. The van der Waals surface area contributed by atoms with Crippen molar-refractivity contribution in [1.29, 1.82) is 0 Å². The molecule has 4 heterocycles. The summed E-state index contributed by atoms with van der Waals surface area (Å²) in [4.78, 5) is 4.48. The van der Waals surface area contributed by atoms with Crippen LogP contribution in [-0.4, -0.2) is 56.3 Å². The second-order valence-electron chi connectivity index (χ2n) is 5.35. The summed E-state index contributed by atoms with van der Waals surface area (Å²) >= 11 is 1.53. The molecule has 0 radical (unpaired) electrons. The summed E-state index contributed by atoms with van der Waals surface area (Å²) in [6.45, 7) is 5.47. The van der Waals surface area contributed by atoms with E-state index >= 15 is 0 Å². The van der Waals surface area contributed by atoms with Crippen LogP contribution in [-0.2, 0) is 7.05 Å². The summed E-state index contributed by atoms with van der Waals surface area (Å²) in [6, 6.07) is 1.79. The smallest absolute Gasteiger partial charge is 0.227 e. The lowest BCUT2D eigenvalue weighted by Gasteiger charge is -2.34. The fourth-order valence-corrected chi connectivity index (χ4v) is 3.40. The predicted octanol–water partition coefficient (Wildman–Crippen LogP) is 0.957. The van der Waals surface area contributed by atoms with E-state index in [1.165, 1.54) is 17.6 Å². The molecule has 0 aromatic carbocycles. The Bertz CT molecular complexity index is 787. The normalized spacial score (nSPS) is 15.4. The Balaban J connectivity index is 1.45. The second-order valence-corrected chi connectivity index (χ2v) is 6.31. The van der Waals surface area contributed by atoms with Crippen molar-refractivity contribution in [1.82, 2.24) is 30.1 Å². The van der Waals surface area contributed by atoms with Crippen LogP contribution in [0.1, 0.15) is 5.82 Å². The molecule has 0 amide bonds. The quantitative estimate of drug-likeness (QED) is 0.700. The largest absolute Gasteiger partial charge is 0.364 e. The van der Waals surface area contributed by atoms with Crippen LogP contribution in [0.5, 0.6) is 0 Å². The highest BCUT2D eigenvalue weighted by molar-refractivity contribution is 7.18. The summed E-state index contributed by atoms with van der Waals surface area (Å²) < 4.78 is 6.87. The van der Waals surface area contributed by atoms with Crippen LogP contribution >= 0.6 is 11.3 Å². The molecule has 0 aliphatic carbocycles. The molecule has 23 heavy (non-hydrogen) atoms. The molecular weight excluding hydrogens is 316 g/mol. The van der Waals surface area contributed by atoms with Gasteiger partial charge in [0.25, 0.3) is 0 Å². The Labute approximate surface area is 136 Å². The number of hydrogen-bond donors (Lipinski definition) is 0. The predicted molar refractivity (Wildman–Crippen MR) is 85.6 cm³/mol. The summed E-state index contributed by atoms with van der Waals surface area (Å²) in [6.07, 6.45) is 1.54. The van der Waals surface area contributed by atoms with Gasteiger partial charge in [-0.25, -0.2) is 0 Å². The minimum atomic E-state index is 0.724. The molecule has 0 bridgehead atoms. The van der Waals surface area contributed by atoms with Gasteiger partial charge >= 0.3 is 0 Å². The van der Waals surface area contributed by atoms with Gasteiger partial charge < -0.3 is 18.9 Å². The summed E-state index contributed by atoms with van der Waals surface area (Å²) in [7, 11) is 1.99. The first kappa shape index (κ1) is 14.1. The van der Waals surface area contributed by atoms with Gasteiger partial charge in [0, 0.05) is 39.3 Å². The first-order valence-electron chi connectivity index (χ1n) is 7.32. The number of hydrogen-bond acceptors (Lipinski definition) is 9. The van der Waals surface area contributed by atoms with Crippen LogP contribution in [0, 0.1) is 6.92 Å². The van der Waals surface area contributed by atoms with Gasteiger partial charge in [0.2, 0.25) is 11.1 Å². The van der Waals surface area contributed by atoms with E-state index in [2.05, 4.69) is 35.4 Å². The minimum absolute atomic E-state index is 0.724. The van der Waals surface area contributed by atoms with E-state index in [9.17, 15) is 0 Å². The molecule has 1 aliphatic rings. The Morgan fingerprint density at radius 2 is 1.83 bits per heavy atom. The maximum atomic E-state index is 4.85. The Kier molecular flexibility index (Phi) is 3.45.